The van der Waals surface area contributed by atoms with Gasteiger partial charge in [-0.25, -0.2) is 0 Å². The molecule has 0 saturated heterocycles. The monoisotopic (exact) mass is 1040 g/mol. The molecule has 0 aliphatic carbocycles. The van der Waals surface area contributed by atoms with E-state index in [1.54, 1.807) is 14.2 Å². The molecule has 0 bridgehead atoms. The molecule has 0 unspecified atom stereocenters. The molecule has 6 nitrogen and oxygen atoms in total. The molecule has 12 aromatic carbocycles. The van der Waals surface area contributed by atoms with Crippen molar-refractivity contribution in [2.24, 2.45) is 0 Å². The highest BCUT2D eigenvalue weighted by molar-refractivity contribution is 6.11. The standard InChI is InChI=1S/C74H62N4O2/c1-51-17-13-25-63(45-51)75(57-21-9-7-10-22-57)59-31-35-61(36-32-59)77(65-27-15-19-53(3)47-65)67-39-41-69-55(49-67)29-43-71(79-5)73(69)74-70-42-40-68(50-56(70)30-44-72(74)80-6)78(66-28-16-20-54(4)48-66)62-37-33-60(34-38-62)76(58-23-11-8-12-24-58)64-26-14-18-52(2)46-64/h7-50H,1-6H3. The predicted molar refractivity (Wildman–Crippen MR) is 338 cm³/mol. The molecule has 80 heavy (non-hydrogen) atoms. The third kappa shape index (κ3) is 10.1. The fourth-order valence-electron chi connectivity index (χ4n) is 11.2. The number of benzene rings is 12. The lowest BCUT2D eigenvalue weighted by Crippen LogP contribution is -2.12. The summed E-state index contributed by atoms with van der Waals surface area (Å²) in [5.74, 6) is 1.53. The molecular weight excluding hydrogens is 977 g/mol. The average Bonchev–Trinajstić information content (AvgIpc) is 3.60. The van der Waals surface area contributed by atoms with Crippen LogP contribution >= 0.6 is 0 Å². The highest BCUT2D eigenvalue weighted by Gasteiger charge is 2.23. The molecule has 0 saturated carbocycles. The van der Waals surface area contributed by atoms with Crippen LogP contribution in [0.5, 0.6) is 11.5 Å². The lowest BCUT2D eigenvalue weighted by Gasteiger charge is -2.29. The molecule has 0 spiro atoms. The van der Waals surface area contributed by atoms with E-state index in [0.29, 0.717) is 0 Å². The van der Waals surface area contributed by atoms with Crippen LogP contribution in [0.3, 0.4) is 0 Å². The van der Waals surface area contributed by atoms with Gasteiger partial charge in [-0.15, -0.1) is 0 Å². The zero-order chi connectivity index (χ0) is 54.7. The van der Waals surface area contributed by atoms with Crippen LogP contribution in [0.1, 0.15) is 22.3 Å². The Morgan fingerprint density at radius 1 is 0.225 bits per heavy atom. The lowest BCUT2D eigenvalue weighted by atomic mass is 9.91. The van der Waals surface area contributed by atoms with Crippen molar-refractivity contribution in [3.63, 3.8) is 0 Å². The number of para-hydroxylation sites is 2. The summed E-state index contributed by atoms with van der Waals surface area (Å²) >= 11 is 0. The van der Waals surface area contributed by atoms with Crippen LogP contribution in [-0.4, -0.2) is 14.2 Å². The summed E-state index contributed by atoms with van der Waals surface area (Å²) in [6.45, 7) is 8.57. The van der Waals surface area contributed by atoms with E-state index in [1.807, 2.05) is 0 Å². The maximum atomic E-state index is 6.28. The van der Waals surface area contributed by atoms with E-state index in [2.05, 4.69) is 314 Å². The zero-order valence-electron chi connectivity index (χ0n) is 46.0. The molecule has 0 fully saturated rings. The molecule has 0 atom stereocenters. The van der Waals surface area contributed by atoms with E-state index in [9.17, 15) is 0 Å². The van der Waals surface area contributed by atoms with Gasteiger partial charge in [0, 0.05) is 79.4 Å². The van der Waals surface area contributed by atoms with Gasteiger partial charge in [-0.1, -0.05) is 109 Å². The Kier molecular flexibility index (Phi) is 14.0. The largest absolute Gasteiger partial charge is 0.496 e. The van der Waals surface area contributed by atoms with Crippen molar-refractivity contribution in [2.45, 2.75) is 27.7 Å². The number of hydrogen-bond donors (Lipinski definition) is 0. The molecule has 0 N–H and O–H groups in total. The normalized spacial score (nSPS) is 11.1. The van der Waals surface area contributed by atoms with E-state index < -0.39 is 0 Å². The summed E-state index contributed by atoms with van der Waals surface area (Å²) in [4.78, 5) is 9.31. The van der Waals surface area contributed by atoms with Gasteiger partial charge >= 0.3 is 0 Å². The van der Waals surface area contributed by atoms with Crippen molar-refractivity contribution >= 4 is 89.8 Å². The van der Waals surface area contributed by atoms with Crippen molar-refractivity contribution in [1.82, 2.24) is 0 Å². The Morgan fingerprint density at radius 3 is 0.762 bits per heavy atom. The Bertz CT molecular complexity index is 3890. The molecule has 12 rings (SSSR count). The SMILES string of the molecule is COc1ccc2cc(N(c3ccc(N(c4ccccc4)c4cccc(C)c4)cc3)c3cccc(C)c3)ccc2c1-c1c(OC)ccc2cc(N(c3ccc(N(c4ccccc4)c4cccc(C)c4)cc3)c3cccc(C)c3)ccc12. The summed E-state index contributed by atoms with van der Waals surface area (Å²) in [6.07, 6.45) is 0. The number of ether oxygens (including phenoxy) is 2. The van der Waals surface area contributed by atoms with Crippen molar-refractivity contribution in [2.75, 3.05) is 33.8 Å². The Labute approximate surface area is 470 Å². The Morgan fingerprint density at radius 2 is 0.475 bits per heavy atom. The van der Waals surface area contributed by atoms with Crippen LogP contribution in [0.25, 0.3) is 32.7 Å². The van der Waals surface area contributed by atoms with E-state index in [0.717, 1.165) is 112 Å². The summed E-state index contributed by atoms with van der Waals surface area (Å²) in [7, 11) is 3.50. The second-order valence-corrected chi connectivity index (χ2v) is 20.5. The fourth-order valence-corrected chi connectivity index (χ4v) is 11.2. The zero-order valence-corrected chi connectivity index (χ0v) is 46.0. The van der Waals surface area contributed by atoms with Gasteiger partial charge in [-0.3, -0.25) is 0 Å². The maximum absolute atomic E-state index is 6.28. The van der Waals surface area contributed by atoms with Crippen molar-refractivity contribution in [3.05, 3.63) is 289 Å². The summed E-state index contributed by atoms with van der Waals surface area (Å²) < 4.78 is 12.6. The lowest BCUT2D eigenvalue weighted by molar-refractivity contribution is 0.411. The van der Waals surface area contributed by atoms with Gasteiger partial charge in [0.05, 0.1) is 14.2 Å². The minimum Gasteiger partial charge on any atom is -0.496 e. The van der Waals surface area contributed by atoms with Gasteiger partial charge in [0.25, 0.3) is 0 Å². The summed E-state index contributed by atoms with van der Waals surface area (Å²) in [5.41, 5.74) is 19.6. The van der Waals surface area contributed by atoms with Crippen LogP contribution in [0.4, 0.5) is 68.2 Å². The average molecular weight is 1040 g/mol. The molecule has 0 radical (unpaired) electrons. The summed E-state index contributed by atoms with van der Waals surface area (Å²) in [5, 5.41) is 4.24. The molecule has 0 aromatic heterocycles. The minimum atomic E-state index is 0.763. The van der Waals surface area contributed by atoms with Crippen molar-refractivity contribution < 1.29 is 9.47 Å². The highest BCUT2D eigenvalue weighted by atomic mass is 16.5. The molecule has 12 aromatic rings. The molecule has 0 amide bonds. The third-order valence-corrected chi connectivity index (χ3v) is 14.9. The van der Waals surface area contributed by atoms with Gasteiger partial charge in [-0.05, 0) is 229 Å². The van der Waals surface area contributed by atoms with Gasteiger partial charge in [0.1, 0.15) is 11.5 Å². The van der Waals surface area contributed by atoms with Gasteiger partial charge in [-0.2, -0.15) is 0 Å². The second-order valence-electron chi connectivity index (χ2n) is 20.5. The van der Waals surface area contributed by atoms with Gasteiger partial charge in [0.15, 0.2) is 0 Å². The second kappa shape index (κ2) is 22.1. The van der Waals surface area contributed by atoms with Crippen molar-refractivity contribution in [1.29, 1.82) is 0 Å². The number of hydrogen-bond acceptors (Lipinski definition) is 6. The topological polar surface area (TPSA) is 31.4 Å². The van der Waals surface area contributed by atoms with Crippen molar-refractivity contribution in [3.8, 4) is 22.6 Å². The number of rotatable bonds is 15. The van der Waals surface area contributed by atoms with E-state index in [4.69, 9.17) is 9.47 Å². The van der Waals surface area contributed by atoms with Gasteiger partial charge < -0.3 is 29.1 Å². The predicted octanol–water partition coefficient (Wildman–Crippen LogP) is 20.8. The van der Waals surface area contributed by atoms with Crippen LogP contribution < -0.4 is 29.1 Å². The first-order chi connectivity index (χ1) is 39.2. The number of anilines is 12. The third-order valence-electron chi connectivity index (χ3n) is 14.9. The number of nitrogens with zero attached hydrogens (tertiary/aromatic N) is 4. The van der Waals surface area contributed by atoms with E-state index in [1.165, 1.54) is 22.3 Å². The minimum absolute atomic E-state index is 0.763. The number of aryl methyl sites for hydroxylation is 4. The van der Waals surface area contributed by atoms with Crippen LogP contribution in [0.15, 0.2) is 267 Å². The fraction of sp³-hybridized carbons (Fsp3) is 0.0811. The van der Waals surface area contributed by atoms with Crippen LogP contribution in [0.2, 0.25) is 0 Å². The highest BCUT2D eigenvalue weighted by Crippen LogP contribution is 2.49. The first-order valence-corrected chi connectivity index (χ1v) is 27.2. The van der Waals surface area contributed by atoms with Gasteiger partial charge in [0.2, 0.25) is 0 Å². The molecule has 0 aliphatic rings. The molecule has 390 valence electrons. The number of methoxy groups -OCH3 is 2. The first-order valence-electron chi connectivity index (χ1n) is 27.2. The number of fused-ring (bicyclic) bond motifs is 2. The first kappa shape index (κ1) is 50.8. The van der Waals surface area contributed by atoms with E-state index in [-0.39, 0.29) is 0 Å². The summed E-state index contributed by atoms with van der Waals surface area (Å²) in [6, 6.07) is 95.7. The molecular formula is C74H62N4O2. The molecule has 6 heteroatoms. The maximum Gasteiger partial charge on any atom is 0.127 e. The van der Waals surface area contributed by atoms with Crippen LogP contribution in [-0.2, 0) is 0 Å². The smallest absolute Gasteiger partial charge is 0.127 e. The molecule has 0 heterocycles. The van der Waals surface area contributed by atoms with E-state index >= 15 is 0 Å². The quantitative estimate of drug-likeness (QED) is 0.102. The Hall–Kier alpha value is -10.0. The molecule has 0 aliphatic heterocycles. The van der Waals surface area contributed by atoms with Crippen LogP contribution in [0, 0.1) is 27.7 Å². The Balaban J connectivity index is 0.946.